The number of carbonyl (C=O) groups excluding carboxylic acids is 1. The molecular weight excluding hydrogens is 403 g/mol. The van der Waals surface area contributed by atoms with Crippen LogP contribution in [0, 0.1) is 10.1 Å². The van der Waals surface area contributed by atoms with E-state index in [-0.39, 0.29) is 55.2 Å². The molecule has 0 aliphatic carbocycles. The average Bonchev–Trinajstić information content (AvgIpc) is 2.90. The molecular formula is C19H31N4NaO4S. The van der Waals surface area contributed by atoms with Crippen molar-refractivity contribution >= 4 is 24.1 Å². The topological polar surface area (TPSA) is 99.7 Å². The number of aromatic amines is 1. The second-order valence-electron chi connectivity index (χ2n) is 8.70. The van der Waals surface area contributed by atoms with E-state index in [9.17, 15) is 9.90 Å². The van der Waals surface area contributed by atoms with Gasteiger partial charge in [0, 0.05) is 18.5 Å². The number of nitrogens with zero attached hydrogens (tertiary/aromatic N) is 2. The van der Waals surface area contributed by atoms with Crippen molar-refractivity contribution in [3.05, 3.63) is 16.5 Å². The van der Waals surface area contributed by atoms with Crippen LogP contribution < -0.4 is 39.8 Å². The molecule has 8 nitrogen and oxygen atoms in total. The van der Waals surface area contributed by atoms with Crippen molar-refractivity contribution in [3.8, 4) is 0 Å². The number of rotatable bonds is 3. The van der Waals surface area contributed by atoms with Crippen molar-refractivity contribution in [2.45, 2.75) is 64.9 Å². The fraction of sp³-hybridized carbons (Fsp3) is 0.737. The quantitative estimate of drug-likeness (QED) is 0.442. The second-order valence-corrected chi connectivity index (χ2v) is 9.14. The summed E-state index contributed by atoms with van der Waals surface area (Å²) in [5, 5.41) is 12.7. The Morgan fingerprint density at radius 2 is 2.17 bits per heavy atom. The second kappa shape index (κ2) is 9.62. The van der Waals surface area contributed by atoms with Crippen LogP contribution in [-0.2, 0) is 16.1 Å². The molecule has 2 atom stereocenters. The number of aromatic nitrogens is 2. The number of carbonyl (C=O) groups is 1. The number of anilines is 1. The van der Waals surface area contributed by atoms with Crippen LogP contribution in [0.2, 0.25) is 0 Å². The van der Waals surface area contributed by atoms with Crippen molar-refractivity contribution in [2.24, 2.45) is 5.41 Å². The van der Waals surface area contributed by atoms with Crippen LogP contribution in [-0.4, -0.2) is 58.6 Å². The van der Waals surface area contributed by atoms with E-state index in [4.69, 9.17) is 21.7 Å². The number of hydrogen-bond donors (Lipinski definition) is 3. The van der Waals surface area contributed by atoms with Gasteiger partial charge in [-0.05, 0) is 40.5 Å². The summed E-state index contributed by atoms with van der Waals surface area (Å²) in [6.45, 7) is 9.54. The van der Waals surface area contributed by atoms with Gasteiger partial charge < -0.3 is 31.2 Å². The summed E-state index contributed by atoms with van der Waals surface area (Å²) in [7, 11) is 0. The van der Waals surface area contributed by atoms with Gasteiger partial charge in [-0.2, -0.15) is 0 Å². The zero-order valence-electron chi connectivity index (χ0n) is 18.9. The molecule has 2 aliphatic rings. The maximum atomic E-state index is 12.3. The van der Waals surface area contributed by atoms with Crippen LogP contribution >= 0.6 is 12.2 Å². The van der Waals surface area contributed by atoms with Crippen molar-refractivity contribution in [3.63, 3.8) is 0 Å². The van der Waals surface area contributed by atoms with Crippen LogP contribution in [0.15, 0.2) is 6.20 Å². The Morgan fingerprint density at radius 1 is 1.52 bits per heavy atom. The number of amides is 1. The van der Waals surface area contributed by atoms with Crippen LogP contribution in [0.25, 0.3) is 0 Å². The number of nitrogens with one attached hydrogen (secondary N) is 2. The number of H-pyrrole nitrogens is 1. The Hall–Kier alpha value is -0.710. The molecule has 2 fully saturated rings. The third-order valence-electron chi connectivity index (χ3n) is 5.50. The van der Waals surface area contributed by atoms with Gasteiger partial charge in [-0.1, -0.05) is 12.2 Å². The third-order valence-corrected chi connectivity index (χ3v) is 5.71. The zero-order chi connectivity index (χ0) is 20.5. The maximum Gasteiger partial charge on any atom is 1.00 e. The standard InChI is InChI=1S/C19H30N4O4S.Na.H/c1-12-15(22-17(25)27-18(2,3)4)19(11-26-12)5-7-23(8-6-19)16-13(10-24)21-14(28)9-20-16;;/h9,12,15,24H,5-8,10-11H2,1-4H3,(H,21,28)(H,22,25);;/q;+1;-1/t12-,15+;;/m0../s1. The number of alkyl carbamates (subject to hydrolysis) is 1. The van der Waals surface area contributed by atoms with Gasteiger partial charge in [-0.3, -0.25) is 0 Å². The molecule has 0 radical (unpaired) electrons. The summed E-state index contributed by atoms with van der Waals surface area (Å²) in [4.78, 5) is 21.9. The van der Waals surface area contributed by atoms with Gasteiger partial charge in [-0.25, -0.2) is 9.78 Å². The Labute approximate surface area is 200 Å². The Balaban J connectivity index is 0.00000225. The fourth-order valence-electron chi connectivity index (χ4n) is 4.12. The summed E-state index contributed by atoms with van der Waals surface area (Å²) in [5.41, 5.74) is -0.0420. The van der Waals surface area contributed by atoms with Gasteiger partial charge >= 0.3 is 35.7 Å². The Kier molecular flexibility index (Phi) is 8.14. The molecule has 0 aromatic carbocycles. The first-order chi connectivity index (χ1) is 13.1. The minimum Gasteiger partial charge on any atom is -1.00 e. The van der Waals surface area contributed by atoms with E-state index < -0.39 is 11.7 Å². The number of piperidine rings is 1. The fourth-order valence-corrected chi connectivity index (χ4v) is 4.30. The molecule has 2 aliphatic heterocycles. The van der Waals surface area contributed by atoms with Crippen molar-refractivity contribution in [2.75, 3.05) is 24.6 Å². The molecule has 1 aromatic rings. The summed E-state index contributed by atoms with van der Waals surface area (Å²) >= 11 is 5.10. The molecule has 29 heavy (non-hydrogen) atoms. The Bertz CT molecular complexity index is 781. The van der Waals surface area contributed by atoms with Gasteiger partial charge in [0.1, 0.15) is 10.2 Å². The normalized spacial score (nSPS) is 23.6. The zero-order valence-corrected chi connectivity index (χ0v) is 20.8. The summed E-state index contributed by atoms with van der Waals surface area (Å²) in [6.07, 6.45) is 2.82. The average molecular weight is 435 g/mol. The molecule has 1 amide bonds. The van der Waals surface area contributed by atoms with E-state index in [0.29, 0.717) is 16.9 Å². The smallest absolute Gasteiger partial charge is 1.00 e. The molecule has 1 aromatic heterocycles. The molecule has 3 heterocycles. The van der Waals surface area contributed by atoms with E-state index in [1.54, 1.807) is 6.20 Å². The molecule has 10 heteroatoms. The Morgan fingerprint density at radius 3 is 2.76 bits per heavy atom. The minimum atomic E-state index is -0.539. The molecule has 2 saturated heterocycles. The van der Waals surface area contributed by atoms with Crippen LogP contribution in [0.5, 0.6) is 0 Å². The molecule has 158 valence electrons. The first-order valence-electron chi connectivity index (χ1n) is 9.69. The first kappa shape index (κ1) is 24.6. The van der Waals surface area contributed by atoms with Gasteiger partial charge in [0.2, 0.25) is 0 Å². The van der Waals surface area contributed by atoms with Crippen LogP contribution in [0.3, 0.4) is 0 Å². The van der Waals surface area contributed by atoms with E-state index in [1.165, 1.54) is 0 Å². The first-order valence-corrected chi connectivity index (χ1v) is 10.1. The predicted octanol–water partition coefficient (Wildman–Crippen LogP) is -0.353. The number of aliphatic hydroxyl groups excluding tert-OH is 1. The monoisotopic (exact) mass is 434 g/mol. The van der Waals surface area contributed by atoms with E-state index in [0.717, 1.165) is 31.7 Å². The molecule has 0 unspecified atom stereocenters. The van der Waals surface area contributed by atoms with Crippen molar-refractivity contribution in [1.82, 2.24) is 15.3 Å². The number of aliphatic hydroxyl groups is 1. The summed E-state index contributed by atoms with van der Waals surface area (Å²) in [6, 6.07) is -0.101. The maximum absolute atomic E-state index is 12.3. The molecule has 3 N–H and O–H groups in total. The molecule has 0 saturated carbocycles. The van der Waals surface area contributed by atoms with E-state index in [2.05, 4.69) is 20.2 Å². The SMILES string of the molecule is C[C@@H]1OCC2(CCN(c3ncc(=S)[nH]c3CO)CC2)[C@@H]1NC(=O)OC(C)(C)C.[H-].[Na+]. The van der Waals surface area contributed by atoms with E-state index >= 15 is 0 Å². The summed E-state index contributed by atoms with van der Waals surface area (Å²) < 4.78 is 11.9. The van der Waals surface area contributed by atoms with Crippen LogP contribution in [0.1, 0.15) is 47.7 Å². The minimum absolute atomic E-state index is 0. The summed E-state index contributed by atoms with van der Waals surface area (Å²) in [5.74, 6) is 0.731. The van der Waals surface area contributed by atoms with Crippen LogP contribution in [0.4, 0.5) is 10.6 Å². The van der Waals surface area contributed by atoms with Gasteiger partial charge in [-0.15, -0.1) is 0 Å². The predicted molar refractivity (Wildman–Crippen MR) is 109 cm³/mol. The van der Waals surface area contributed by atoms with Gasteiger partial charge in [0.15, 0.2) is 5.82 Å². The number of ether oxygens (including phenoxy) is 2. The van der Waals surface area contributed by atoms with Crippen molar-refractivity contribution < 1.29 is 50.4 Å². The third kappa shape index (κ3) is 5.71. The van der Waals surface area contributed by atoms with E-state index in [1.807, 2.05) is 27.7 Å². The van der Waals surface area contributed by atoms with Gasteiger partial charge in [0.25, 0.3) is 0 Å². The van der Waals surface area contributed by atoms with Crippen molar-refractivity contribution in [1.29, 1.82) is 0 Å². The molecule has 3 rings (SSSR count). The molecule has 0 bridgehead atoms. The largest absolute Gasteiger partial charge is 1.00 e. The molecule has 1 spiro atoms. The number of hydrogen-bond acceptors (Lipinski definition) is 7. The van der Waals surface area contributed by atoms with Gasteiger partial charge in [0.05, 0.1) is 37.3 Å².